The molecule has 0 aliphatic heterocycles. The lowest BCUT2D eigenvalue weighted by atomic mass is 10.2. The minimum atomic E-state index is -3.89. The van der Waals surface area contributed by atoms with Gasteiger partial charge in [0.05, 0.1) is 34.7 Å². The molecular weight excluding hydrogens is 752 g/mol. The van der Waals surface area contributed by atoms with E-state index in [9.17, 15) is 25.3 Å². The summed E-state index contributed by atoms with van der Waals surface area (Å²) in [6, 6.07) is 35.8. The van der Waals surface area contributed by atoms with Gasteiger partial charge in [0.25, 0.3) is 0 Å². The van der Waals surface area contributed by atoms with Crippen LogP contribution in [-0.2, 0) is 29.5 Å². The van der Waals surface area contributed by atoms with Crippen LogP contribution in [0.15, 0.2) is 175 Å². The van der Waals surface area contributed by atoms with E-state index >= 15 is 0 Å². The molecular formula is C38H28Cl2O8S3. The zero-order chi connectivity index (χ0) is 36.4. The fourth-order valence-electron chi connectivity index (χ4n) is 4.95. The normalized spacial score (nSPS) is 12.6. The van der Waals surface area contributed by atoms with Gasteiger partial charge in [-0.15, -0.1) is 11.6 Å². The first-order valence-electron chi connectivity index (χ1n) is 15.2. The van der Waals surface area contributed by atoms with Crippen molar-refractivity contribution in [1.29, 1.82) is 0 Å². The Morgan fingerprint density at radius 2 is 0.608 bits per heavy atom. The van der Waals surface area contributed by atoms with E-state index in [0.717, 1.165) is 5.56 Å². The number of rotatable bonds is 11. The molecule has 6 aromatic rings. The topological polar surface area (TPSA) is 121 Å². The molecule has 51 heavy (non-hydrogen) atoms. The number of benzene rings is 6. The maximum atomic E-state index is 13.3. The largest absolute Gasteiger partial charge is 0.457 e. The van der Waals surface area contributed by atoms with Gasteiger partial charge < -0.3 is 9.47 Å². The Morgan fingerprint density at radius 3 is 0.843 bits per heavy atom. The second kappa shape index (κ2) is 14.5. The highest BCUT2D eigenvalue weighted by Gasteiger charge is 2.21. The van der Waals surface area contributed by atoms with E-state index < -0.39 is 29.5 Å². The van der Waals surface area contributed by atoms with Crippen molar-refractivity contribution >= 4 is 52.7 Å². The minimum absolute atomic E-state index is 0.0385. The lowest BCUT2D eigenvalue weighted by molar-refractivity contribution is 0.481. The Hall–Kier alpha value is -4.65. The van der Waals surface area contributed by atoms with Crippen molar-refractivity contribution in [3.05, 3.63) is 156 Å². The maximum Gasteiger partial charge on any atom is 0.206 e. The SMILES string of the molecule is CC(Cl)c1ccc(S(=O)(=O)c2ccc(Oc3ccc(S(=O)(=O)c4ccc(Oc5ccc(S(=O)(=O)c6ccc(Cl)cc6)cc5)cc4)cc3)cc2)cc1. The van der Waals surface area contributed by atoms with Crippen LogP contribution in [-0.4, -0.2) is 25.3 Å². The van der Waals surface area contributed by atoms with Crippen LogP contribution in [0.2, 0.25) is 5.02 Å². The summed E-state index contributed by atoms with van der Waals surface area (Å²) in [5.41, 5.74) is 0.814. The highest BCUT2D eigenvalue weighted by atomic mass is 35.5. The molecule has 0 heterocycles. The van der Waals surface area contributed by atoms with E-state index in [1.165, 1.54) is 133 Å². The molecule has 0 saturated heterocycles. The maximum absolute atomic E-state index is 13.3. The first-order chi connectivity index (χ1) is 24.2. The van der Waals surface area contributed by atoms with Crippen LogP contribution in [0.4, 0.5) is 0 Å². The van der Waals surface area contributed by atoms with Gasteiger partial charge in [0.15, 0.2) is 0 Å². The van der Waals surface area contributed by atoms with Crippen LogP contribution in [0, 0.1) is 0 Å². The van der Waals surface area contributed by atoms with E-state index in [-0.39, 0.29) is 34.7 Å². The van der Waals surface area contributed by atoms with Gasteiger partial charge >= 0.3 is 0 Å². The van der Waals surface area contributed by atoms with Crippen LogP contribution >= 0.6 is 23.2 Å². The number of hydrogen-bond donors (Lipinski definition) is 0. The van der Waals surface area contributed by atoms with E-state index in [2.05, 4.69) is 0 Å². The molecule has 1 atom stereocenters. The van der Waals surface area contributed by atoms with Crippen molar-refractivity contribution in [2.45, 2.75) is 41.7 Å². The van der Waals surface area contributed by atoms with Gasteiger partial charge in [0.1, 0.15) is 23.0 Å². The molecule has 0 bridgehead atoms. The van der Waals surface area contributed by atoms with Crippen molar-refractivity contribution in [3.8, 4) is 23.0 Å². The van der Waals surface area contributed by atoms with E-state index in [1.807, 2.05) is 0 Å². The second-order valence-corrected chi connectivity index (χ2v) is 18.2. The summed E-state index contributed by atoms with van der Waals surface area (Å²) in [5, 5.41) is 0.189. The van der Waals surface area contributed by atoms with Gasteiger partial charge in [0, 0.05) is 5.02 Å². The van der Waals surface area contributed by atoms with Gasteiger partial charge in [-0.3, -0.25) is 0 Å². The Labute approximate surface area is 306 Å². The lowest BCUT2D eigenvalue weighted by Crippen LogP contribution is -2.02. The molecule has 0 aromatic heterocycles. The molecule has 0 aliphatic rings. The molecule has 0 fully saturated rings. The predicted octanol–water partition coefficient (Wildman–Crippen LogP) is 9.72. The van der Waals surface area contributed by atoms with Gasteiger partial charge in [-0.05, 0) is 146 Å². The zero-order valence-corrected chi connectivity index (χ0v) is 30.6. The average Bonchev–Trinajstić information content (AvgIpc) is 3.13. The summed E-state index contributed by atoms with van der Waals surface area (Å²) in [6.45, 7) is 1.81. The highest BCUT2D eigenvalue weighted by Crippen LogP contribution is 2.31. The van der Waals surface area contributed by atoms with E-state index in [4.69, 9.17) is 32.7 Å². The summed E-state index contributed by atoms with van der Waals surface area (Å²) in [6.07, 6.45) is 0. The summed E-state index contributed by atoms with van der Waals surface area (Å²) in [7, 11) is -11.4. The molecule has 0 radical (unpaired) electrons. The second-order valence-electron chi connectivity index (χ2n) is 11.2. The molecule has 0 N–H and O–H groups in total. The summed E-state index contributed by atoms with van der Waals surface area (Å²) >= 11 is 11.9. The number of sulfone groups is 3. The quantitative estimate of drug-likeness (QED) is 0.119. The molecule has 6 rings (SSSR count). The van der Waals surface area contributed by atoms with Crippen molar-refractivity contribution in [2.24, 2.45) is 0 Å². The van der Waals surface area contributed by atoms with Crippen LogP contribution in [0.1, 0.15) is 17.9 Å². The van der Waals surface area contributed by atoms with E-state index in [1.54, 1.807) is 19.1 Å². The molecule has 0 amide bonds. The van der Waals surface area contributed by atoms with E-state index in [0.29, 0.717) is 28.0 Å². The third kappa shape index (κ3) is 7.98. The van der Waals surface area contributed by atoms with Crippen LogP contribution in [0.3, 0.4) is 0 Å². The van der Waals surface area contributed by atoms with Gasteiger partial charge in [-0.2, -0.15) is 0 Å². The van der Waals surface area contributed by atoms with Gasteiger partial charge in [0.2, 0.25) is 29.5 Å². The average molecular weight is 780 g/mol. The first-order valence-corrected chi connectivity index (χ1v) is 20.5. The fraction of sp³-hybridized carbons (Fsp3) is 0.0526. The Kier molecular flexibility index (Phi) is 10.3. The molecule has 1 unspecified atom stereocenters. The molecule has 6 aromatic carbocycles. The van der Waals surface area contributed by atoms with Crippen molar-refractivity contribution in [3.63, 3.8) is 0 Å². The van der Waals surface area contributed by atoms with Crippen molar-refractivity contribution in [2.75, 3.05) is 0 Å². The van der Waals surface area contributed by atoms with Crippen LogP contribution in [0.5, 0.6) is 23.0 Å². The highest BCUT2D eigenvalue weighted by molar-refractivity contribution is 7.92. The molecule has 8 nitrogen and oxygen atoms in total. The monoisotopic (exact) mass is 778 g/mol. The van der Waals surface area contributed by atoms with Gasteiger partial charge in [-0.25, -0.2) is 25.3 Å². The van der Waals surface area contributed by atoms with Crippen molar-refractivity contribution in [1.82, 2.24) is 0 Å². The smallest absolute Gasteiger partial charge is 0.206 e. The number of ether oxygens (including phenoxy) is 2. The Morgan fingerprint density at radius 1 is 0.392 bits per heavy atom. The predicted molar refractivity (Wildman–Crippen MR) is 194 cm³/mol. The molecule has 0 aliphatic carbocycles. The fourth-order valence-corrected chi connectivity index (χ4v) is 9.01. The zero-order valence-electron chi connectivity index (χ0n) is 26.7. The third-order valence-corrected chi connectivity index (χ3v) is 13.6. The Balaban J connectivity index is 1.08. The molecule has 13 heteroatoms. The summed E-state index contributed by atoms with van der Waals surface area (Å²) < 4.78 is 90.2. The van der Waals surface area contributed by atoms with Crippen LogP contribution < -0.4 is 9.47 Å². The summed E-state index contributed by atoms with van der Waals surface area (Å²) in [4.78, 5) is 0.512. The number of halogens is 2. The Bertz CT molecular complexity index is 2480. The minimum Gasteiger partial charge on any atom is -0.457 e. The standard InChI is InChI=1S/C38H28Cl2O8S3/c1-26(39)27-2-14-33(15-3-27)49(41,42)35-18-6-29(7-19-35)47-31-10-22-37(23-11-31)51(45,46)38-24-12-32(13-25-38)48-30-8-20-36(21-9-30)50(43,44)34-16-4-28(40)5-17-34/h2-26H,1H3. The lowest BCUT2D eigenvalue weighted by Gasteiger charge is -2.10. The van der Waals surface area contributed by atoms with Crippen LogP contribution in [0.25, 0.3) is 0 Å². The third-order valence-electron chi connectivity index (χ3n) is 7.78. The number of alkyl halides is 1. The van der Waals surface area contributed by atoms with Gasteiger partial charge in [-0.1, -0.05) is 23.7 Å². The summed E-state index contributed by atoms with van der Waals surface area (Å²) in [5.74, 6) is 1.43. The van der Waals surface area contributed by atoms with Crippen molar-refractivity contribution < 1.29 is 34.7 Å². The molecule has 260 valence electrons. The molecule has 0 saturated carbocycles. The molecule has 0 spiro atoms. The first kappa shape index (κ1) is 36.2. The number of hydrogen-bond acceptors (Lipinski definition) is 8.